The van der Waals surface area contributed by atoms with Gasteiger partial charge in [0.1, 0.15) is 0 Å². The number of hydrogen-bond acceptors (Lipinski definition) is 0. The summed E-state index contributed by atoms with van der Waals surface area (Å²) in [4.78, 5) is 0. The Morgan fingerprint density at radius 3 is 1.00 bits per heavy atom. The van der Waals surface area contributed by atoms with Gasteiger partial charge in [0.2, 0.25) is 0 Å². The van der Waals surface area contributed by atoms with Gasteiger partial charge in [-0.25, -0.2) is 0 Å². The van der Waals surface area contributed by atoms with Gasteiger partial charge < -0.3 is 0 Å². The molecule has 0 saturated heterocycles. The van der Waals surface area contributed by atoms with Crippen LogP contribution in [0.3, 0.4) is 0 Å². The Morgan fingerprint density at radius 1 is 1.00 bits per heavy atom. The van der Waals surface area contributed by atoms with Gasteiger partial charge in [0.15, 0.2) is 0 Å². The van der Waals surface area contributed by atoms with Crippen LogP contribution in [-0.2, 0) is 125 Å². The van der Waals surface area contributed by atoms with Crippen molar-refractivity contribution in [2.24, 2.45) is 0 Å². The van der Waals surface area contributed by atoms with Crippen LogP contribution < -0.4 is 0 Å². The van der Waals surface area contributed by atoms with Gasteiger partial charge in [-0.2, -0.15) is 0 Å². The third kappa shape index (κ3) is 40.9. The second-order valence-corrected chi connectivity index (χ2v) is 0. The van der Waals surface area contributed by atoms with Crippen molar-refractivity contribution >= 4 is 0 Å². The molecule has 4 radical (unpaired) electrons. The summed E-state index contributed by atoms with van der Waals surface area (Å²) in [5.41, 5.74) is 0. The normalized spacial score (nSPS) is 0. The van der Waals surface area contributed by atoms with E-state index in [0.717, 1.165) is 0 Å². The van der Waals surface area contributed by atoms with E-state index in [1.54, 1.807) is 0 Å². The molecule has 54 valence electrons. The largest absolute Gasteiger partial charge is 0 e. The van der Waals surface area contributed by atoms with Gasteiger partial charge in [0.25, 0.3) is 0 Å². The zero-order valence-corrected chi connectivity index (χ0v) is 10.8. The van der Waals surface area contributed by atoms with Crippen LogP contribution in [0.2, 0.25) is 0 Å². The zero-order chi connectivity index (χ0) is 0. The minimum atomic E-state index is 0. The molecule has 0 heterocycles. The van der Waals surface area contributed by atoms with E-state index in [1.807, 2.05) is 0 Å². The quantitative estimate of drug-likeness (QED) is 0.510. The number of hydrogen-bond donors (Lipinski definition) is 0. The van der Waals surface area contributed by atoms with Crippen LogP contribution in [0.4, 0.5) is 0 Å². The van der Waals surface area contributed by atoms with Crippen molar-refractivity contribution in [1.82, 2.24) is 0 Å². The maximum Gasteiger partial charge on any atom is 0 e. The van der Waals surface area contributed by atoms with Gasteiger partial charge in [-0.05, 0) is 0 Å². The molecule has 0 spiro atoms. The molecule has 0 atom stereocenters. The van der Waals surface area contributed by atoms with Crippen molar-refractivity contribution in [2.75, 3.05) is 0 Å². The molecule has 0 aromatic carbocycles. The minimum absolute atomic E-state index is 0. The summed E-state index contributed by atoms with van der Waals surface area (Å²) < 4.78 is 0. The monoisotopic (exact) mass is 390 g/mol. The molecule has 0 rings (SSSR count). The van der Waals surface area contributed by atoms with Crippen LogP contribution in [0.15, 0.2) is 0 Å². The molecule has 0 aliphatic carbocycles. The van der Waals surface area contributed by atoms with Gasteiger partial charge in [-0.3, -0.25) is 0 Å². The fourth-order valence-electron chi connectivity index (χ4n) is 0. The Kier molecular flexibility index (Phi) is 526. The van der Waals surface area contributed by atoms with Gasteiger partial charge in [-0.1, -0.05) is 0 Å². The van der Waals surface area contributed by atoms with Gasteiger partial charge >= 0.3 is 0 Å². The van der Waals surface area contributed by atoms with Crippen LogP contribution in [0.25, 0.3) is 0 Å². The van der Waals surface area contributed by atoms with E-state index in [2.05, 4.69) is 0 Å². The van der Waals surface area contributed by atoms with Crippen molar-refractivity contribution in [3.63, 3.8) is 0 Å². The molecule has 7 heteroatoms. The Labute approximate surface area is 123 Å². The van der Waals surface area contributed by atoms with Crippen molar-refractivity contribution in [2.45, 2.75) is 0 Å². The minimum Gasteiger partial charge on any atom is 0 e. The molecule has 0 aromatic heterocycles. The fraction of sp³-hybridized carbons (Fsp3) is 0. The predicted octanol–water partition coefficient (Wildman–Crippen LogP) is -0.0175. The molecule has 0 saturated carbocycles. The Morgan fingerprint density at radius 2 is 1.00 bits per heavy atom. The molecule has 0 nitrogen and oxygen atoms in total. The molecule has 0 aliphatic heterocycles. The topological polar surface area (TPSA) is 0 Å². The summed E-state index contributed by atoms with van der Waals surface area (Å²) in [6.07, 6.45) is 0. The molecule has 0 aliphatic rings. The molecule has 0 bridgehead atoms. The first kappa shape index (κ1) is 70.9. The maximum atomic E-state index is 0. The summed E-state index contributed by atoms with van der Waals surface area (Å²) in [5.74, 6) is 0. The first-order valence-electron chi connectivity index (χ1n) is 0. The first-order chi connectivity index (χ1) is 0. The SMILES string of the molecule is [Co].[Cu].[Fe].[Mn].[Ni].[Ti].[V]. The van der Waals surface area contributed by atoms with Crippen LogP contribution >= 0.6 is 0 Å². The van der Waals surface area contributed by atoms with Gasteiger partial charge in [0, 0.05) is 125 Å². The van der Waals surface area contributed by atoms with Crippen molar-refractivity contribution in [3.05, 3.63) is 0 Å². The second kappa shape index (κ2) is 52.0. The summed E-state index contributed by atoms with van der Waals surface area (Å²) in [6, 6.07) is 0. The van der Waals surface area contributed by atoms with Crippen LogP contribution in [-0.4, -0.2) is 0 Å². The Balaban J connectivity index is 0. The molecule has 7 heavy (non-hydrogen) atoms. The fourth-order valence-corrected chi connectivity index (χ4v) is 0. The zero-order valence-electron chi connectivity index (χ0n) is 2.63. The summed E-state index contributed by atoms with van der Waals surface area (Å²) in [5, 5.41) is 0. The van der Waals surface area contributed by atoms with Crippen LogP contribution in [0.5, 0.6) is 0 Å². The Bertz CT molecular complexity index is 19.7. The predicted molar refractivity (Wildman–Crippen MR) is 0 cm³/mol. The van der Waals surface area contributed by atoms with E-state index in [-0.39, 0.29) is 125 Å². The Hall–Kier alpha value is 3.86. The molecule has 0 amide bonds. The van der Waals surface area contributed by atoms with Crippen molar-refractivity contribution in [1.29, 1.82) is 0 Å². The standard InChI is InChI=1S/Co.Cu.Fe.Mn.Ni.Ti.V. The van der Waals surface area contributed by atoms with Crippen LogP contribution in [0.1, 0.15) is 0 Å². The average molecular weight is 391 g/mol. The summed E-state index contributed by atoms with van der Waals surface area (Å²) >= 11 is 0. The third-order valence-corrected chi connectivity index (χ3v) is 0. The van der Waals surface area contributed by atoms with Gasteiger partial charge in [0.05, 0.1) is 0 Å². The van der Waals surface area contributed by atoms with E-state index >= 15 is 0 Å². The van der Waals surface area contributed by atoms with E-state index in [0.29, 0.717) is 0 Å². The smallest absolute Gasteiger partial charge is 0 e. The van der Waals surface area contributed by atoms with Crippen molar-refractivity contribution in [3.8, 4) is 0 Å². The molecule has 0 unspecified atom stereocenters. The van der Waals surface area contributed by atoms with E-state index in [9.17, 15) is 0 Å². The van der Waals surface area contributed by atoms with Crippen molar-refractivity contribution < 1.29 is 125 Å². The number of rotatable bonds is 0. The van der Waals surface area contributed by atoms with E-state index < -0.39 is 0 Å². The first-order valence-corrected chi connectivity index (χ1v) is 0. The molecule has 0 fully saturated rings. The van der Waals surface area contributed by atoms with E-state index in [4.69, 9.17) is 0 Å². The average Bonchev–Trinajstić information content (AvgIpc) is 0. The molecular formula is CoCuFeMnNiTiV. The molecule has 0 aromatic rings. The maximum absolute atomic E-state index is 0. The molecule has 0 N–H and O–H groups in total. The van der Waals surface area contributed by atoms with Gasteiger partial charge in [-0.15, -0.1) is 0 Å². The third-order valence-electron chi connectivity index (χ3n) is 0. The second-order valence-electron chi connectivity index (χ2n) is 0. The molecular weight excluding hydrogens is 391 g/mol. The summed E-state index contributed by atoms with van der Waals surface area (Å²) in [7, 11) is 0. The summed E-state index contributed by atoms with van der Waals surface area (Å²) in [6.45, 7) is 0. The van der Waals surface area contributed by atoms with E-state index in [1.165, 1.54) is 0 Å². The van der Waals surface area contributed by atoms with Crippen LogP contribution in [0, 0.1) is 0 Å².